The molecular formula is C10H13ClN2O2. The maximum Gasteiger partial charge on any atom is 0.252 e. The van der Waals surface area contributed by atoms with E-state index in [1.807, 2.05) is 6.92 Å². The Morgan fingerprint density at radius 1 is 1.73 bits per heavy atom. The number of halogens is 1. The van der Waals surface area contributed by atoms with Crippen molar-refractivity contribution in [1.82, 2.24) is 10.3 Å². The largest absolute Gasteiger partial charge is 0.396 e. The van der Waals surface area contributed by atoms with Crippen LogP contribution in [0.5, 0.6) is 0 Å². The van der Waals surface area contributed by atoms with Gasteiger partial charge in [-0.1, -0.05) is 18.5 Å². The first-order chi connectivity index (χ1) is 7.15. The van der Waals surface area contributed by atoms with Crippen LogP contribution in [0.2, 0.25) is 5.02 Å². The van der Waals surface area contributed by atoms with Gasteiger partial charge in [0.2, 0.25) is 0 Å². The lowest BCUT2D eigenvalue weighted by molar-refractivity contribution is 0.0942. The minimum Gasteiger partial charge on any atom is -0.396 e. The summed E-state index contributed by atoms with van der Waals surface area (Å²) < 4.78 is 0. The summed E-state index contributed by atoms with van der Waals surface area (Å²) >= 11 is 5.80. The van der Waals surface area contributed by atoms with Gasteiger partial charge in [0.25, 0.3) is 5.91 Å². The van der Waals surface area contributed by atoms with E-state index in [0.717, 1.165) is 0 Å². The topological polar surface area (TPSA) is 62.2 Å². The van der Waals surface area contributed by atoms with E-state index in [-0.39, 0.29) is 18.4 Å². The number of pyridine rings is 1. The molecule has 0 aromatic carbocycles. The molecule has 0 radical (unpaired) electrons. The normalized spacial score (nSPS) is 12.2. The second-order valence-electron chi connectivity index (χ2n) is 3.35. The molecule has 0 fully saturated rings. The summed E-state index contributed by atoms with van der Waals surface area (Å²) in [6.45, 7) is 2.31. The van der Waals surface area contributed by atoms with E-state index in [0.29, 0.717) is 17.1 Å². The Bertz CT molecular complexity index is 344. The number of amides is 1. The molecule has 0 aliphatic carbocycles. The Morgan fingerprint density at radius 3 is 3.07 bits per heavy atom. The van der Waals surface area contributed by atoms with Crippen molar-refractivity contribution in [2.75, 3.05) is 13.2 Å². The van der Waals surface area contributed by atoms with Crippen molar-refractivity contribution in [2.24, 2.45) is 5.92 Å². The van der Waals surface area contributed by atoms with Crippen molar-refractivity contribution in [2.45, 2.75) is 6.92 Å². The standard InChI is InChI=1S/C10H13ClN2O2/c1-7(6-14)4-13-10(15)8-2-3-12-5-9(8)11/h2-3,5,7,14H,4,6H2,1H3,(H,13,15). The summed E-state index contributed by atoms with van der Waals surface area (Å²) in [5.41, 5.74) is 0.400. The van der Waals surface area contributed by atoms with Crippen molar-refractivity contribution in [3.05, 3.63) is 29.0 Å². The van der Waals surface area contributed by atoms with Crippen LogP contribution in [0.4, 0.5) is 0 Å². The fraction of sp³-hybridized carbons (Fsp3) is 0.400. The first-order valence-electron chi connectivity index (χ1n) is 4.63. The zero-order valence-corrected chi connectivity index (χ0v) is 9.16. The number of aliphatic hydroxyl groups is 1. The molecule has 0 aliphatic heterocycles. The first kappa shape index (κ1) is 11.9. The van der Waals surface area contributed by atoms with Crippen LogP contribution >= 0.6 is 11.6 Å². The van der Waals surface area contributed by atoms with Crippen molar-refractivity contribution in [1.29, 1.82) is 0 Å². The molecule has 0 saturated carbocycles. The molecule has 1 aromatic rings. The molecule has 0 saturated heterocycles. The Kier molecular flexibility index (Phi) is 4.52. The molecular weight excluding hydrogens is 216 g/mol. The third-order valence-electron chi connectivity index (χ3n) is 1.94. The molecule has 0 bridgehead atoms. The lowest BCUT2D eigenvalue weighted by atomic mass is 10.2. The molecule has 1 amide bonds. The van der Waals surface area contributed by atoms with Gasteiger partial charge >= 0.3 is 0 Å². The van der Waals surface area contributed by atoms with Gasteiger partial charge in [0.1, 0.15) is 0 Å². The summed E-state index contributed by atoms with van der Waals surface area (Å²) in [5, 5.41) is 11.8. The summed E-state index contributed by atoms with van der Waals surface area (Å²) in [6.07, 6.45) is 2.93. The number of hydrogen-bond donors (Lipinski definition) is 2. The van der Waals surface area contributed by atoms with E-state index in [1.165, 1.54) is 12.4 Å². The number of carbonyl (C=O) groups excluding carboxylic acids is 1. The number of aromatic nitrogens is 1. The minimum absolute atomic E-state index is 0.0366. The maximum absolute atomic E-state index is 11.6. The third-order valence-corrected chi connectivity index (χ3v) is 2.24. The summed E-state index contributed by atoms with van der Waals surface area (Å²) in [6, 6.07) is 1.56. The average Bonchev–Trinajstić information content (AvgIpc) is 2.26. The average molecular weight is 229 g/mol. The second kappa shape index (κ2) is 5.68. The Morgan fingerprint density at radius 2 is 2.47 bits per heavy atom. The van der Waals surface area contributed by atoms with Crippen LogP contribution in [-0.4, -0.2) is 29.1 Å². The maximum atomic E-state index is 11.6. The van der Waals surface area contributed by atoms with Gasteiger partial charge in [-0.15, -0.1) is 0 Å². The van der Waals surface area contributed by atoms with Gasteiger partial charge in [-0.25, -0.2) is 0 Å². The highest BCUT2D eigenvalue weighted by molar-refractivity contribution is 6.33. The molecule has 82 valence electrons. The van der Waals surface area contributed by atoms with E-state index < -0.39 is 0 Å². The van der Waals surface area contributed by atoms with E-state index in [9.17, 15) is 4.79 Å². The van der Waals surface area contributed by atoms with Crippen molar-refractivity contribution in [3.8, 4) is 0 Å². The van der Waals surface area contributed by atoms with Crippen LogP contribution in [-0.2, 0) is 0 Å². The first-order valence-corrected chi connectivity index (χ1v) is 5.01. The van der Waals surface area contributed by atoms with E-state index in [4.69, 9.17) is 16.7 Å². The number of nitrogens with one attached hydrogen (secondary N) is 1. The Balaban J connectivity index is 2.58. The monoisotopic (exact) mass is 228 g/mol. The smallest absolute Gasteiger partial charge is 0.252 e. The number of aliphatic hydroxyl groups excluding tert-OH is 1. The highest BCUT2D eigenvalue weighted by Gasteiger charge is 2.10. The van der Waals surface area contributed by atoms with Gasteiger partial charge in [0.15, 0.2) is 0 Å². The highest BCUT2D eigenvalue weighted by atomic mass is 35.5. The summed E-state index contributed by atoms with van der Waals surface area (Å²) in [7, 11) is 0. The molecule has 1 atom stereocenters. The van der Waals surface area contributed by atoms with Crippen LogP contribution in [0, 0.1) is 5.92 Å². The zero-order valence-electron chi connectivity index (χ0n) is 8.40. The summed E-state index contributed by atoms with van der Waals surface area (Å²) in [4.78, 5) is 15.4. The molecule has 0 spiro atoms. The van der Waals surface area contributed by atoms with E-state index >= 15 is 0 Å². The van der Waals surface area contributed by atoms with Crippen LogP contribution in [0.1, 0.15) is 17.3 Å². The van der Waals surface area contributed by atoms with E-state index in [1.54, 1.807) is 6.07 Å². The van der Waals surface area contributed by atoms with Crippen molar-refractivity contribution >= 4 is 17.5 Å². The molecule has 5 heteroatoms. The van der Waals surface area contributed by atoms with Gasteiger partial charge in [-0.2, -0.15) is 0 Å². The second-order valence-corrected chi connectivity index (χ2v) is 3.76. The number of nitrogens with zero attached hydrogens (tertiary/aromatic N) is 1. The van der Waals surface area contributed by atoms with Crippen LogP contribution in [0.3, 0.4) is 0 Å². The zero-order chi connectivity index (χ0) is 11.3. The molecule has 1 aromatic heterocycles. The number of carbonyl (C=O) groups is 1. The number of hydrogen-bond acceptors (Lipinski definition) is 3. The summed E-state index contributed by atoms with van der Waals surface area (Å²) in [5.74, 6) is -0.211. The predicted octanol–water partition coefficient (Wildman–Crippen LogP) is 1.09. The van der Waals surface area contributed by atoms with Gasteiger partial charge in [0, 0.05) is 25.5 Å². The van der Waals surface area contributed by atoms with E-state index in [2.05, 4.69) is 10.3 Å². The number of rotatable bonds is 4. The van der Waals surface area contributed by atoms with Crippen molar-refractivity contribution in [3.63, 3.8) is 0 Å². The van der Waals surface area contributed by atoms with Crippen LogP contribution in [0.25, 0.3) is 0 Å². The van der Waals surface area contributed by atoms with Gasteiger partial charge in [-0.05, 0) is 12.0 Å². The van der Waals surface area contributed by atoms with Gasteiger partial charge < -0.3 is 10.4 Å². The van der Waals surface area contributed by atoms with Gasteiger partial charge in [0.05, 0.1) is 10.6 Å². The fourth-order valence-corrected chi connectivity index (χ4v) is 1.19. The Labute approximate surface area is 93.3 Å². The van der Waals surface area contributed by atoms with Crippen LogP contribution < -0.4 is 5.32 Å². The predicted molar refractivity (Wildman–Crippen MR) is 57.8 cm³/mol. The SMILES string of the molecule is CC(CO)CNC(=O)c1ccncc1Cl. The lowest BCUT2D eigenvalue weighted by Crippen LogP contribution is -2.29. The molecule has 0 aliphatic rings. The molecule has 15 heavy (non-hydrogen) atoms. The van der Waals surface area contributed by atoms with Crippen molar-refractivity contribution < 1.29 is 9.90 Å². The molecule has 1 heterocycles. The molecule has 2 N–H and O–H groups in total. The Hall–Kier alpha value is -1.13. The molecule has 1 unspecified atom stereocenters. The highest BCUT2D eigenvalue weighted by Crippen LogP contribution is 2.12. The fourth-order valence-electron chi connectivity index (χ4n) is 0.986. The molecule has 1 rings (SSSR count). The minimum atomic E-state index is -0.247. The van der Waals surface area contributed by atoms with Gasteiger partial charge in [-0.3, -0.25) is 9.78 Å². The quantitative estimate of drug-likeness (QED) is 0.811. The lowest BCUT2D eigenvalue weighted by Gasteiger charge is -2.09. The molecule has 4 nitrogen and oxygen atoms in total. The third kappa shape index (κ3) is 3.49. The van der Waals surface area contributed by atoms with Crippen LogP contribution in [0.15, 0.2) is 18.5 Å².